The third-order valence-corrected chi connectivity index (χ3v) is 6.89. The number of carbonyl (C=O) groups is 2. The van der Waals surface area contributed by atoms with E-state index in [2.05, 4.69) is 18.2 Å². The van der Waals surface area contributed by atoms with Crippen molar-refractivity contribution in [3.63, 3.8) is 0 Å². The van der Waals surface area contributed by atoms with Crippen LogP contribution in [0.15, 0.2) is 41.6 Å². The third kappa shape index (κ3) is 11.1. The molecule has 0 saturated carbocycles. The van der Waals surface area contributed by atoms with E-state index in [0.717, 1.165) is 38.8 Å². The van der Waals surface area contributed by atoms with Crippen molar-refractivity contribution >= 4 is 17.6 Å². The molecule has 232 valence electrons. The second-order valence-electron chi connectivity index (χ2n) is 10.4. The summed E-state index contributed by atoms with van der Waals surface area (Å²) in [6, 6.07) is 3.39. The van der Waals surface area contributed by atoms with Gasteiger partial charge in [0.2, 0.25) is 0 Å². The van der Waals surface area contributed by atoms with Gasteiger partial charge in [0.15, 0.2) is 20.2 Å². The summed E-state index contributed by atoms with van der Waals surface area (Å²) in [5.74, 6) is 0.392. The summed E-state index contributed by atoms with van der Waals surface area (Å²) in [4.78, 5) is 33.6. The number of likely N-dealkylation sites (tertiary alicyclic amines) is 1. The lowest BCUT2D eigenvalue weighted by Crippen LogP contribution is -2.37. The highest BCUT2D eigenvalue weighted by molar-refractivity contribution is 6.00. The number of allylic oxidation sites excluding steroid dienone is 3. The molecule has 1 saturated heterocycles. The van der Waals surface area contributed by atoms with Gasteiger partial charge in [0.05, 0.1) is 5.71 Å². The Morgan fingerprint density at radius 2 is 1.74 bits per heavy atom. The Kier molecular flexibility index (Phi) is 14.4. The number of benzene rings is 1. The fraction of sp³-hybridized carbons (Fsp3) is 0.594. The van der Waals surface area contributed by atoms with Crippen molar-refractivity contribution in [2.45, 2.75) is 72.3 Å². The number of nitrogens with zero attached hydrogens (tertiary/aromatic N) is 2. The summed E-state index contributed by atoms with van der Waals surface area (Å²) in [6.07, 6.45) is 12.4. The quantitative estimate of drug-likeness (QED) is 0.111. The van der Waals surface area contributed by atoms with E-state index in [9.17, 15) is 9.59 Å². The van der Waals surface area contributed by atoms with Gasteiger partial charge in [-0.15, -0.1) is 0 Å². The summed E-state index contributed by atoms with van der Waals surface area (Å²) in [7, 11) is 0. The first-order valence-electron chi connectivity index (χ1n) is 15.0. The molecular weight excluding hydrogens is 540 g/mol. The van der Waals surface area contributed by atoms with Crippen molar-refractivity contribution in [1.82, 2.24) is 4.90 Å². The van der Waals surface area contributed by atoms with E-state index in [0.29, 0.717) is 36.7 Å². The highest BCUT2D eigenvalue weighted by Gasteiger charge is 2.24. The number of hydrogen-bond acceptors (Lipinski definition) is 9. The molecule has 10 nitrogen and oxygen atoms in total. The minimum absolute atomic E-state index is 0.0362. The SMILES string of the molecule is CCOCOc1cc2c(c(OCOCC)c1)C(=O)O[C@H](C)C/C=C/[C@@H](C)C/C=C/C(=NOCC(=O)N1CCCCC1)C2. The fourth-order valence-corrected chi connectivity index (χ4v) is 4.61. The van der Waals surface area contributed by atoms with Crippen LogP contribution < -0.4 is 9.47 Å². The van der Waals surface area contributed by atoms with E-state index < -0.39 is 5.97 Å². The molecule has 0 unspecified atom stereocenters. The predicted molar refractivity (Wildman–Crippen MR) is 160 cm³/mol. The summed E-state index contributed by atoms with van der Waals surface area (Å²) in [6.45, 7) is 9.97. The number of piperidine rings is 1. The lowest BCUT2D eigenvalue weighted by atomic mass is 9.98. The molecule has 42 heavy (non-hydrogen) atoms. The second kappa shape index (κ2) is 18.2. The number of fused-ring (bicyclic) bond motifs is 1. The minimum atomic E-state index is -0.525. The van der Waals surface area contributed by atoms with Gasteiger partial charge in [-0.2, -0.15) is 0 Å². The Morgan fingerprint density at radius 3 is 2.48 bits per heavy atom. The maximum atomic E-state index is 13.6. The van der Waals surface area contributed by atoms with Gasteiger partial charge >= 0.3 is 5.97 Å². The van der Waals surface area contributed by atoms with E-state index >= 15 is 0 Å². The second-order valence-corrected chi connectivity index (χ2v) is 10.4. The molecule has 10 heteroatoms. The zero-order valence-corrected chi connectivity index (χ0v) is 25.5. The standard InChI is InChI=1S/C32H46N2O8/c1-5-37-22-39-28-19-26-18-27(33-41-21-30(35)34-16-8-7-9-17-34)15-11-13-24(3)12-10-14-25(4)42-32(36)31(26)29(20-28)40-23-38-6-2/h10-12,15,19-20,24-25H,5-9,13-14,16-18,21-23H2,1-4H3/b12-10+,15-11+,33-27?/t24-,25-/m1/s1. The Morgan fingerprint density at radius 1 is 1.00 bits per heavy atom. The van der Waals surface area contributed by atoms with Gasteiger partial charge in [-0.1, -0.05) is 30.3 Å². The minimum Gasteiger partial charge on any atom is -0.467 e. The molecule has 2 atom stereocenters. The topological polar surface area (TPSA) is 105 Å². The van der Waals surface area contributed by atoms with Crippen molar-refractivity contribution < 1.29 is 38.1 Å². The zero-order chi connectivity index (χ0) is 30.2. The van der Waals surface area contributed by atoms with Crippen molar-refractivity contribution in [2.24, 2.45) is 11.1 Å². The normalized spacial score (nSPS) is 22.4. The molecule has 0 aliphatic carbocycles. The Balaban J connectivity index is 1.98. The van der Waals surface area contributed by atoms with Crippen LogP contribution in [0.3, 0.4) is 0 Å². The van der Waals surface area contributed by atoms with Crippen molar-refractivity contribution in [3.05, 3.63) is 47.6 Å². The Labute approximate surface area is 249 Å². The van der Waals surface area contributed by atoms with E-state index in [1.54, 1.807) is 12.1 Å². The lowest BCUT2D eigenvalue weighted by molar-refractivity contribution is -0.137. The van der Waals surface area contributed by atoms with E-state index in [4.69, 9.17) is 28.5 Å². The van der Waals surface area contributed by atoms with Crippen LogP contribution in [-0.4, -0.2) is 75.1 Å². The van der Waals surface area contributed by atoms with Gasteiger partial charge < -0.3 is 33.4 Å². The molecule has 0 bridgehead atoms. The first-order chi connectivity index (χ1) is 20.4. The fourth-order valence-electron chi connectivity index (χ4n) is 4.61. The smallest absolute Gasteiger partial charge is 0.342 e. The van der Waals surface area contributed by atoms with Crippen molar-refractivity contribution in [1.29, 1.82) is 0 Å². The van der Waals surface area contributed by atoms with Crippen LogP contribution in [-0.2, 0) is 30.3 Å². The molecule has 1 aromatic rings. The average Bonchev–Trinajstić information content (AvgIpc) is 2.97. The molecule has 3 rings (SSSR count). The van der Waals surface area contributed by atoms with E-state index in [1.165, 1.54) is 0 Å². The molecule has 0 aromatic heterocycles. The van der Waals surface area contributed by atoms with Crippen molar-refractivity contribution in [2.75, 3.05) is 46.5 Å². The number of ether oxygens (including phenoxy) is 5. The molecule has 0 spiro atoms. The number of cyclic esters (lactones) is 1. The third-order valence-electron chi connectivity index (χ3n) is 6.89. The largest absolute Gasteiger partial charge is 0.467 e. The van der Waals surface area contributed by atoms with Crippen LogP contribution >= 0.6 is 0 Å². The van der Waals surface area contributed by atoms with Gasteiger partial charge in [0.1, 0.15) is 23.2 Å². The molecule has 0 radical (unpaired) electrons. The monoisotopic (exact) mass is 586 g/mol. The first kappa shape index (κ1) is 33.1. The summed E-state index contributed by atoms with van der Waals surface area (Å²) in [5, 5.41) is 4.34. The number of esters is 1. The number of carbonyl (C=O) groups excluding carboxylic acids is 2. The average molecular weight is 587 g/mol. The van der Waals surface area contributed by atoms with Crippen LogP contribution in [0.4, 0.5) is 0 Å². The molecule has 1 amide bonds. The lowest BCUT2D eigenvalue weighted by Gasteiger charge is -2.26. The summed E-state index contributed by atoms with van der Waals surface area (Å²) >= 11 is 0. The maximum Gasteiger partial charge on any atom is 0.342 e. The van der Waals surface area contributed by atoms with Crippen LogP contribution in [0.2, 0.25) is 0 Å². The Bertz CT molecular complexity index is 1090. The van der Waals surface area contributed by atoms with Crippen LogP contribution in [0, 0.1) is 5.92 Å². The van der Waals surface area contributed by atoms with Gasteiger partial charge in [-0.05, 0) is 70.1 Å². The van der Waals surface area contributed by atoms with Crippen LogP contribution in [0.25, 0.3) is 0 Å². The van der Waals surface area contributed by atoms with E-state index in [1.807, 2.05) is 43.9 Å². The number of hydrogen-bond donors (Lipinski definition) is 0. The first-order valence-corrected chi connectivity index (χ1v) is 15.0. The van der Waals surface area contributed by atoms with Crippen LogP contribution in [0.1, 0.15) is 75.7 Å². The van der Waals surface area contributed by atoms with Gasteiger partial charge in [-0.25, -0.2) is 4.79 Å². The van der Waals surface area contributed by atoms with Gasteiger partial charge in [0, 0.05) is 45.2 Å². The van der Waals surface area contributed by atoms with Gasteiger partial charge in [0.25, 0.3) is 5.91 Å². The maximum absolute atomic E-state index is 13.6. The molecule has 2 heterocycles. The van der Waals surface area contributed by atoms with Crippen molar-refractivity contribution in [3.8, 4) is 11.5 Å². The number of amides is 1. The molecule has 0 N–H and O–H groups in total. The Hall–Kier alpha value is -3.37. The summed E-state index contributed by atoms with van der Waals surface area (Å²) < 4.78 is 28.3. The molecule has 1 fully saturated rings. The molecule has 2 aliphatic rings. The van der Waals surface area contributed by atoms with Gasteiger partial charge in [-0.3, -0.25) is 4.79 Å². The molecular formula is C32H46N2O8. The highest BCUT2D eigenvalue weighted by atomic mass is 16.7. The molecule has 1 aromatic carbocycles. The van der Waals surface area contributed by atoms with E-state index in [-0.39, 0.29) is 55.9 Å². The number of rotatable bonds is 11. The number of oxime groups is 1. The zero-order valence-electron chi connectivity index (χ0n) is 25.5. The predicted octanol–water partition coefficient (Wildman–Crippen LogP) is 5.45. The highest BCUT2D eigenvalue weighted by Crippen LogP contribution is 2.32. The molecule has 2 aliphatic heterocycles. The van der Waals surface area contributed by atoms with Crippen LogP contribution in [0.5, 0.6) is 11.5 Å². The summed E-state index contributed by atoms with van der Waals surface area (Å²) in [5.41, 5.74) is 1.36.